The van der Waals surface area contributed by atoms with Gasteiger partial charge in [-0.3, -0.25) is 9.59 Å². The molecule has 0 saturated carbocycles. The van der Waals surface area contributed by atoms with Crippen LogP contribution in [0.1, 0.15) is 20.9 Å². The molecule has 0 radical (unpaired) electrons. The van der Waals surface area contributed by atoms with Gasteiger partial charge in [0.15, 0.2) is 18.2 Å². The van der Waals surface area contributed by atoms with Gasteiger partial charge in [-0.1, -0.05) is 0 Å². The van der Waals surface area contributed by atoms with Gasteiger partial charge in [-0.25, -0.2) is 18.6 Å². The van der Waals surface area contributed by atoms with E-state index >= 15 is 0 Å². The quantitative estimate of drug-likeness (QED) is 0.377. The van der Waals surface area contributed by atoms with E-state index in [1.807, 2.05) is 32.0 Å². The second-order valence-corrected chi connectivity index (χ2v) is 8.66. The molecule has 3 heterocycles. The van der Waals surface area contributed by atoms with E-state index in [0.717, 1.165) is 28.8 Å². The van der Waals surface area contributed by atoms with Crippen LogP contribution in [0.15, 0.2) is 48.8 Å². The van der Waals surface area contributed by atoms with E-state index in [4.69, 9.17) is 4.74 Å². The number of anilines is 1. The third kappa shape index (κ3) is 5.35. The summed E-state index contributed by atoms with van der Waals surface area (Å²) in [6.07, 6.45) is 3.60. The summed E-state index contributed by atoms with van der Waals surface area (Å²) in [4.78, 5) is 42.5. The summed E-state index contributed by atoms with van der Waals surface area (Å²) in [6, 6.07) is 8.46. The van der Waals surface area contributed by atoms with Crippen LogP contribution in [-0.4, -0.2) is 40.5 Å². The van der Waals surface area contributed by atoms with Gasteiger partial charge in [0.05, 0.1) is 12.2 Å². The van der Waals surface area contributed by atoms with Crippen LogP contribution in [0.25, 0.3) is 15.9 Å². The fourth-order valence-electron chi connectivity index (χ4n) is 3.50. The molecular weight excluding hydrogens is 478 g/mol. The lowest BCUT2D eigenvalue weighted by atomic mass is 10.1. The van der Waals surface area contributed by atoms with E-state index in [2.05, 4.69) is 15.6 Å². The first kappa shape index (κ1) is 24.0. The number of benzene rings is 1. The number of pyridine rings is 1. The van der Waals surface area contributed by atoms with Crippen LogP contribution < -0.4 is 10.6 Å². The molecule has 0 bridgehead atoms. The van der Waals surface area contributed by atoms with E-state index in [0.29, 0.717) is 15.4 Å². The average molecular weight is 499 g/mol. The van der Waals surface area contributed by atoms with E-state index in [9.17, 15) is 23.2 Å². The number of hydrogen-bond donors (Lipinski definition) is 2. The smallest absolute Gasteiger partial charge is 0.351 e. The number of amides is 2. The maximum Gasteiger partial charge on any atom is 0.351 e. The number of aryl methyl sites for hydroxylation is 2. The Morgan fingerprint density at radius 1 is 1.06 bits per heavy atom. The molecule has 0 spiro atoms. The molecule has 180 valence electrons. The summed E-state index contributed by atoms with van der Waals surface area (Å²) in [6.45, 7) is 2.74. The third-order valence-corrected chi connectivity index (χ3v) is 6.05. The number of esters is 1. The van der Waals surface area contributed by atoms with Crippen molar-refractivity contribution in [3.8, 4) is 5.69 Å². The first-order valence-electron chi connectivity index (χ1n) is 10.5. The van der Waals surface area contributed by atoms with Gasteiger partial charge in [-0.15, -0.1) is 11.3 Å². The van der Waals surface area contributed by atoms with E-state index in [-0.39, 0.29) is 5.69 Å². The van der Waals surface area contributed by atoms with Gasteiger partial charge in [-0.05, 0) is 49.7 Å². The van der Waals surface area contributed by atoms with Gasteiger partial charge in [0, 0.05) is 35.2 Å². The SMILES string of the molecule is Cc1cc(C)c2c(-n3cccc3)c(C(=O)OCC(=O)NCC(=O)Nc3ccc(F)c(F)c3)sc2n1. The number of carbonyl (C=O) groups is 3. The van der Waals surface area contributed by atoms with Crippen LogP contribution in [-0.2, 0) is 14.3 Å². The lowest BCUT2D eigenvalue weighted by Crippen LogP contribution is -2.35. The van der Waals surface area contributed by atoms with Crippen molar-refractivity contribution in [3.05, 3.63) is 76.6 Å². The standard InChI is InChI=1S/C24H20F2N4O4S/c1-13-9-14(2)28-23-20(13)21(30-7-3-4-8-30)22(35-23)24(33)34-12-19(32)27-11-18(31)29-15-5-6-16(25)17(26)10-15/h3-10H,11-12H2,1-2H3,(H,27,32)(H,29,31). The predicted molar refractivity (Wildman–Crippen MR) is 127 cm³/mol. The molecule has 1 aromatic carbocycles. The Bertz CT molecular complexity index is 1430. The molecule has 35 heavy (non-hydrogen) atoms. The highest BCUT2D eigenvalue weighted by Crippen LogP contribution is 2.36. The van der Waals surface area contributed by atoms with Crippen LogP contribution in [0.3, 0.4) is 0 Å². The fourth-order valence-corrected chi connectivity index (χ4v) is 4.69. The highest BCUT2D eigenvalue weighted by Gasteiger charge is 2.24. The number of nitrogens with zero attached hydrogens (tertiary/aromatic N) is 2. The summed E-state index contributed by atoms with van der Waals surface area (Å²) >= 11 is 1.17. The van der Waals surface area contributed by atoms with Gasteiger partial charge in [-0.2, -0.15) is 0 Å². The summed E-state index contributed by atoms with van der Waals surface area (Å²) in [5.74, 6) is -4.22. The minimum atomic E-state index is -1.11. The molecule has 4 rings (SSSR count). The van der Waals surface area contributed by atoms with Crippen LogP contribution in [0, 0.1) is 25.5 Å². The minimum absolute atomic E-state index is 0.0380. The van der Waals surface area contributed by atoms with E-state index in [1.54, 1.807) is 17.0 Å². The Labute approximate surface area is 202 Å². The number of rotatable bonds is 7. The zero-order valence-corrected chi connectivity index (χ0v) is 19.5. The highest BCUT2D eigenvalue weighted by molar-refractivity contribution is 7.21. The lowest BCUT2D eigenvalue weighted by molar-refractivity contribution is -0.126. The largest absolute Gasteiger partial charge is 0.451 e. The van der Waals surface area contributed by atoms with Crippen LogP contribution >= 0.6 is 11.3 Å². The first-order valence-corrected chi connectivity index (χ1v) is 11.3. The van der Waals surface area contributed by atoms with Crippen LogP contribution in [0.4, 0.5) is 14.5 Å². The predicted octanol–water partition coefficient (Wildman–Crippen LogP) is 3.89. The van der Waals surface area contributed by atoms with Gasteiger partial charge >= 0.3 is 5.97 Å². The van der Waals surface area contributed by atoms with Crippen molar-refractivity contribution in [2.24, 2.45) is 0 Å². The molecule has 0 aliphatic rings. The van der Waals surface area contributed by atoms with Gasteiger partial charge in [0.2, 0.25) is 5.91 Å². The summed E-state index contributed by atoms with van der Waals surface area (Å²) < 4.78 is 33.2. The number of fused-ring (bicyclic) bond motifs is 1. The highest BCUT2D eigenvalue weighted by atomic mass is 32.1. The summed E-state index contributed by atoms with van der Waals surface area (Å²) in [5, 5.41) is 5.46. The average Bonchev–Trinajstić information content (AvgIpc) is 3.46. The normalized spacial score (nSPS) is 10.9. The Kier molecular flexibility index (Phi) is 6.87. The Morgan fingerprint density at radius 3 is 2.51 bits per heavy atom. The number of carbonyl (C=O) groups excluding carboxylic acids is 3. The van der Waals surface area contributed by atoms with Crippen LogP contribution in [0.5, 0.6) is 0 Å². The molecule has 2 N–H and O–H groups in total. The Balaban J connectivity index is 1.40. The molecule has 0 fully saturated rings. The molecule has 0 atom stereocenters. The second kappa shape index (κ2) is 10.0. The van der Waals surface area contributed by atoms with Gasteiger partial charge in [0.25, 0.3) is 5.91 Å². The molecule has 3 aromatic heterocycles. The molecule has 4 aromatic rings. The topological polar surface area (TPSA) is 102 Å². The minimum Gasteiger partial charge on any atom is -0.451 e. The summed E-state index contributed by atoms with van der Waals surface area (Å²) in [7, 11) is 0. The van der Waals surface area contributed by atoms with E-state index < -0.39 is 42.6 Å². The number of aromatic nitrogens is 2. The molecule has 11 heteroatoms. The lowest BCUT2D eigenvalue weighted by Gasteiger charge is -2.09. The second-order valence-electron chi connectivity index (χ2n) is 7.66. The van der Waals surface area contributed by atoms with Crippen molar-refractivity contribution in [3.63, 3.8) is 0 Å². The molecule has 0 aliphatic heterocycles. The zero-order chi connectivity index (χ0) is 25.1. The fraction of sp³-hybridized carbons (Fsp3) is 0.167. The summed E-state index contributed by atoms with van der Waals surface area (Å²) in [5.41, 5.74) is 2.43. The van der Waals surface area contributed by atoms with Crippen molar-refractivity contribution >= 4 is 45.0 Å². The molecule has 0 aliphatic carbocycles. The van der Waals surface area contributed by atoms with Crippen LogP contribution in [0.2, 0.25) is 0 Å². The molecule has 8 nitrogen and oxygen atoms in total. The van der Waals surface area contributed by atoms with Crippen molar-refractivity contribution < 1.29 is 27.9 Å². The molecule has 2 amide bonds. The maximum atomic E-state index is 13.2. The van der Waals surface area contributed by atoms with E-state index in [1.165, 1.54) is 17.4 Å². The monoisotopic (exact) mass is 498 g/mol. The maximum absolute atomic E-state index is 13.2. The number of thiophene rings is 1. The van der Waals surface area contributed by atoms with Crippen molar-refractivity contribution in [2.45, 2.75) is 13.8 Å². The molecular formula is C24H20F2N4O4S. The zero-order valence-electron chi connectivity index (χ0n) is 18.7. The van der Waals surface area contributed by atoms with Crippen molar-refractivity contribution in [1.82, 2.24) is 14.9 Å². The third-order valence-electron chi connectivity index (χ3n) is 4.99. The molecule has 0 unspecified atom stereocenters. The Hall–Kier alpha value is -4.12. The Morgan fingerprint density at radius 2 is 1.80 bits per heavy atom. The van der Waals surface area contributed by atoms with Crippen molar-refractivity contribution in [2.75, 3.05) is 18.5 Å². The number of hydrogen-bond acceptors (Lipinski definition) is 6. The van der Waals surface area contributed by atoms with Crippen molar-refractivity contribution in [1.29, 1.82) is 0 Å². The molecule has 0 saturated heterocycles. The van der Waals surface area contributed by atoms with Gasteiger partial charge in [0.1, 0.15) is 9.71 Å². The number of ether oxygens (including phenoxy) is 1. The number of nitrogens with one attached hydrogen (secondary N) is 2. The number of halogens is 2. The first-order chi connectivity index (χ1) is 16.7. The van der Waals surface area contributed by atoms with Gasteiger partial charge < -0.3 is 19.9 Å².